The van der Waals surface area contributed by atoms with E-state index >= 15 is 0 Å². The van der Waals surface area contributed by atoms with E-state index in [1.165, 1.54) is 11.1 Å². The van der Waals surface area contributed by atoms with Gasteiger partial charge in [0.05, 0.1) is 24.8 Å². The Labute approximate surface area is 157 Å². The Morgan fingerprint density at radius 1 is 1.32 bits per heavy atom. The second-order valence-corrected chi connectivity index (χ2v) is 6.96. The van der Waals surface area contributed by atoms with Gasteiger partial charge in [0.25, 0.3) is 0 Å². The monoisotopic (exact) mass is 406 g/mol. The van der Waals surface area contributed by atoms with Crippen LogP contribution in [0.1, 0.15) is 25.7 Å². The van der Waals surface area contributed by atoms with Crippen molar-refractivity contribution in [1.82, 2.24) is 15.1 Å². The van der Waals surface area contributed by atoms with Crippen LogP contribution in [-0.2, 0) is 20.9 Å². The lowest BCUT2D eigenvalue weighted by Crippen LogP contribution is -2.44. The molecule has 2 heterocycles. The average Bonchev–Trinajstić information content (AvgIpc) is 3.20. The molecule has 1 saturated heterocycles. The molecular formula is C16H21F3N4O5. The van der Waals surface area contributed by atoms with Crippen LogP contribution < -0.4 is 10.6 Å². The van der Waals surface area contributed by atoms with Crippen LogP contribution in [0.15, 0.2) is 12.4 Å². The number of nitrogens with one attached hydrogen (secondary N) is 2. The molecule has 1 aliphatic carbocycles. The number of anilines is 1. The van der Waals surface area contributed by atoms with E-state index in [-0.39, 0.29) is 18.2 Å². The first-order valence-electron chi connectivity index (χ1n) is 8.57. The predicted molar refractivity (Wildman–Crippen MR) is 89.4 cm³/mol. The highest BCUT2D eigenvalue weighted by atomic mass is 19.4. The number of aryl methyl sites for hydroxylation is 1. The number of carboxylic acid groups (broad SMARTS) is 2. The molecule has 1 aromatic rings. The molecule has 2 fully saturated rings. The third-order valence-corrected chi connectivity index (χ3v) is 4.76. The lowest BCUT2D eigenvalue weighted by atomic mass is 9.61. The summed E-state index contributed by atoms with van der Waals surface area (Å²) in [5.41, 5.74) is 0.990. The van der Waals surface area contributed by atoms with Gasteiger partial charge in [0, 0.05) is 18.7 Å². The number of amides is 1. The fourth-order valence-electron chi connectivity index (χ4n) is 3.32. The zero-order chi connectivity index (χ0) is 20.9. The van der Waals surface area contributed by atoms with E-state index in [4.69, 9.17) is 15.0 Å². The Morgan fingerprint density at radius 2 is 1.96 bits per heavy atom. The molecular weight excluding hydrogens is 385 g/mol. The van der Waals surface area contributed by atoms with E-state index in [2.05, 4.69) is 15.7 Å². The van der Waals surface area contributed by atoms with Gasteiger partial charge < -0.3 is 20.8 Å². The number of aliphatic carboxylic acids is 2. The molecule has 0 radical (unpaired) electrons. The van der Waals surface area contributed by atoms with Crippen molar-refractivity contribution in [2.24, 2.45) is 11.3 Å². The number of rotatable bonds is 5. The number of carboxylic acids is 2. The Kier molecular flexibility index (Phi) is 6.65. The lowest BCUT2D eigenvalue weighted by Gasteiger charge is -2.43. The first kappa shape index (κ1) is 21.7. The fourth-order valence-corrected chi connectivity index (χ4v) is 3.32. The van der Waals surface area contributed by atoms with Crippen molar-refractivity contribution in [3.05, 3.63) is 12.4 Å². The zero-order valence-electron chi connectivity index (χ0n) is 14.8. The number of hydrogen-bond acceptors (Lipinski definition) is 5. The molecule has 1 spiro atoms. The Morgan fingerprint density at radius 3 is 2.46 bits per heavy atom. The molecule has 156 valence electrons. The molecule has 1 aliphatic heterocycles. The van der Waals surface area contributed by atoms with E-state index in [1.54, 1.807) is 12.4 Å². The highest BCUT2D eigenvalue weighted by molar-refractivity contribution is 5.93. The maximum Gasteiger partial charge on any atom is 0.490 e. The minimum Gasteiger partial charge on any atom is -0.481 e. The molecule has 1 aromatic heterocycles. The van der Waals surface area contributed by atoms with Crippen LogP contribution in [-0.4, -0.2) is 57.1 Å². The third-order valence-electron chi connectivity index (χ3n) is 4.76. The number of alkyl halides is 3. The largest absolute Gasteiger partial charge is 0.490 e. The standard InChI is InChI=1S/C14H20N4O3.C2HF3O2/c19-12(20)1-4-18-8-11(7-16-18)17-13(21)10-5-14(6-10)2-3-15-9-14;3-2(4,5)1(6)7/h7-8,10,15H,1-6,9H2,(H,17,21)(H,19,20);(H,6,7). The summed E-state index contributed by atoms with van der Waals surface area (Å²) in [4.78, 5) is 31.5. The molecule has 9 nitrogen and oxygen atoms in total. The maximum absolute atomic E-state index is 12.1. The molecule has 0 atom stereocenters. The van der Waals surface area contributed by atoms with Gasteiger partial charge in [-0.2, -0.15) is 18.3 Å². The van der Waals surface area contributed by atoms with Crippen molar-refractivity contribution < 1.29 is 37.8 Å². The lowest BCUT2D eigenvalue weighted by molar-refractivity contribution is -0.192. The molecule has 3 rings (SSSR count). The van der Waals surface area contributed by atoms with Crippen molar-refractivity contribution >= 4 is 23.5 Å². The normalized spacial score (nSPS) is 23.5. The second-order valence-electron chi connectivity index (χ2n) is 6.96. The molecule has 1 amide bonds. The number of carbonyl (C=O) groups excluding carboxylic acids is 1. The van der Waals surface area contributed by atoms with Gasteiger partial charge in [0.1, 0.15) is 0 Å². The number of carbonyl (C=O) groups is 3. The molecule has 0 bridgehead atoms. The highest BCUT2D eigenvalue weighted by Gasteiger charge is 2.48. The van der Waals surface area contributed by atoms with E-state index < -0.39 is 18.1 Å². The fraction of sp³-hybridized carbons (Fsp3) is 0.625. The summed E-state index contributed by atoms with van der Waals surface area (Å²) in [6, 6.07) is 0. The minimum atomic E-state index is -5.08. The van der Waals surface area contributed by atoms with Crippen molar-refractivity contribution in [2.75, 3.05) is 18.4 Å². The van der Waals surface area contributed by atoms with Gasteiger partial charge >= 0.3 is 18.1 Å². The molecule has 0 aromatic carbocycles. The summed E-state index contributed by atoms with van der Waals surface area (Å²) >= 11 is 0. The van der Waals surface area contributed by atoms with Crippen LogP contribution in [0.5, 0.6) is 0 Å². The van der Waals surface area contributed by atoms with E-state index in [0.29, 0.717) is 17.6 Å². The van der Waals surface area contributed by atoms with Gasteiger partial charge in [-0.25, -0.2) is 4.79 Å². The smallest absolute Gasteiger partial charge is 0.481 e. The predicted octanol–water partition coefficient (Wildman–Crippen LogP) is 1.32. The average molecular weight is 406 g/mol. The number of aromatic nitrogens is 2. The Balaban J connectivity index is 0.000000345. The first-order valence-corrected chi connectivity index (χ1v) is 8.57. The summed E-state index contributed by atoms with van der Waals surface area (Å²) in [7, 11) is 0. The van der Waals surface area contributed by atoms with Crippen molar-refractivity contribution in [1.29, 1.82) is 0 Å². The number of nitrogens with zero attached hydrogens (tertiary/aromatic N) is 2. The number of hydrogen-bond donors (Lipinski definition) is 4. The SMILES string of the molecule is O=C(O)C(F)(F)F.O=C(O)CCn1cc(NC(=O)C2CC3(CCNC3)C2)cn1. The van der Waals surface area contributed by atoms with Gasteiger partial charge in [-0.05, 0) is 31.2 Å². The quantitative estimate of drug-likeness (QED) is 0.579. The molecule has 28 heavy (non-hydrogen) atoms. The van der Waals surface area contributed by atoms with Crippen molar-refractivity contribution in [3.63, 3.8) is 0 Å². The van der Waals surface area contributed by atoms with Crippen LogP contribution in [0.25, 0.3) is 0 Å². The molecule has 0 unspecified atom stereocenters. The maximum atomic E-state index is 12.1. The van der Waals surface area contributed by atoms with Crippen LogP contribution >= 0.6 is 0 Å². The summed E-state index contributed by atoms with van der Waals surface area (Å²) < 4.78 is 33.3. The summed E-state index contributed by atoms with van der Waals surface area (Å²) in [6.07, 6.45) is 1.26. The van der Waals surface area contributed by atoms with E-state index in [1.807, 2.05) is 0 Å². The Bertz CT molecular complexity index is 720. The van der Waals surface area contributed by atoms with E-state index in [9.17, 15) is 22.8 Å². The van der Waals surface area contributed by atoms with Crippen LogP contribution in [0.2, 0.25) is 0 Å². The number of halogens is 3. The van der Waals surface area contributed by atoms with Crippen molar-refractivity contribution in [3.8, 4) is 0 Å². The topological polar surface area (TPSA) is 134 Å². The molecule has 4 N–H and O–H groups in total. The summed E-state index contributed by atoms with van der Waals surface area (Å²) in [6.45, 7) is 2.40. The van der Waals surface area contributed by atoms with Gasteiger partial charge in [0.15, 0.2) is 0 Å². The van der Waals surface area contributed by atoms with E-state index in [0.717, 1.165) is 25.9 Å². The van der Waals surface area contributed by atoms with Gasteiger partial charge in [-0.1, -0.05) is 0 Å². The summed E-state index contributed by atoms with van der Waals surface area (Å²) in [5, 5.41) is 26.0. The molecule has 1 saturated carbocycles. The first-order chi connectivity index (χ1) is 13.0. The molecule has 2 aliphatic rings. The van der Waals surface area contributed by atoms with Gasteiger partial charge in [-0.3, -0.25) is 14.3 Å². The second kappa shape index (κ2) is 8.59. The molecule has 12 heteroatoms. The minimum absolute atomic E-state index is 0.0210. The third kappa shape index (κ3) is 5.94. The zero-order valence-corrected chi connectivity index (χ0v) is 14.8. The van der Waals surface area contributed by atoms with Crippen LogP contribution in [0.4, 0.5) is 18.9 Å². The summed E-state index contributed by atoms with van der Waals surface area (Å²) in [5.74, 6) is -3.48. The van der Waals surface area contributed by atoms with Crippen molar-refractivity contribution in [2.45, 2.75) is 38.4 Å². The van der Waals surface area contributed by atoms with Gasteiger partial charge in [0.2, 0.25) is 5.91 Å². The highest BCUT2D eigenvalue weighted by Crippen LogP contribution is 2.49. The van der Waals surface area contributed by atoms with Crippen LogP contribution in [0, 0.1) is 11.3 Å². The van der Waals surface area contributed by atoms with Gasteiger partial charge in [-0.15, -0.1) is 0 Å². The Hall–Kier alpha value is -2.63. The van der Waals surface area contributed by atoms with Crippen LogP contribution in [0.3, 0.4) is 0 Å².